The van der Waals surface area contributed by atoms with Crippen molar-refractivity contribution in [1.29, 1.82) is 0 Å². The fourth-order valence-electron chi connectivity index (χ4n) is 2.73. The summed E-state index contributed by atoms with van der Waals surface area (Å²) in [6.07, 6.45) is 2.38. The normalized spacial score (nSPS) is 22.7. The number of nitrogens with two attached hydrogens (primary N) is 1. The first-order valence-electron chi connectivity index (χ1n) is 6.50. The van der Waals surface area contributed by atoms with Crippen LogP contribution in [0.5, 0.6) is 5.75 Å². The predicted octanol–water partition coefficient (Wildman–Crippen LogP) is 1.08. The Bertz CT molecular complexity index is 585. The van der Waals surface area contributed by atoms with Gasteiger partial charge in [-0.3, -0.25) is 5.32 Å². The number of ether oxygens (including phenoxy) is 1. The van der Waals surface area contributed by atoms with E-state index in [4.69, 9.17) is 10.5 Å². The lowest BCUT2D eigenvalue weighted by Crippen LogP contribution is -2.54. The van der Waals surface area contributed by atoms with E-state index in [2.05, 4.69) is 10.3 Å². The van der Waals surface area contributed by atoms with Crippen LogP contribution in [0.3, 0.4) is 0 Å². The SMILES string of the molecule is C[C@](N)(Cc1c[nH]c2cccc(O)c12)C1NCCO1. The minimum Gasteiger partial charge on any atom is -0.507 e. The van der Waals surface area contributed by atoms with E-state index in [0.717, 1.165) is 23.0 Å². The van der Waals surface area contributed by atoms with Gasteiger partial charge in [0.15, 0.2) is 0 Å². The molecule has 2 heterocycles. The van der Waals surface area contributed by atoms with Crippen LogP contribution in [0.1, 0.15) is 12.5 Å². The summed E-state index contributed by atoms with van der Waals surface area (Å²) >= 11 is 0. The third-order valence-corrected chi connectivity index (χ3v) is 3.65. The quantitative estimate of drug-likeness (QED) is 0.666. The molecule has 1 fully saturated rings. The number of benzene rings is 1. The molecule has 0 radical (unpaired) electrons. The molecule has 5 N–H and O–H groups in total. The summed E-state index contributed by atoms with van der Waals surface area (Å²) in [4.78, 5) is 3.17. The van der Waals surface area contributed by atoms with Gasteiger partial charge in [-0.25, -0.2) is 0 Å². The fraction of sp³-hybridized carbons (Fsp3) is 0.429. The van der Waals surface area contributed by atoms with Crippen LogP contribution in [0.15, 0.2) is 24.4 Å². The molecule has 3 rings (SSSR count). The van der Waals surface area contributed by atoms with Gasteiger partial charge in [0.05, 0.1) is 12.1 Å². The van der Waals surface area contributed by atoms with Crippen LogP contribution in [-0.2, 0) is 11.2 Å². The van der Waals surface area contributed by atoms with Gasteiger partial charge in [0.2, 0.25) is 0 Å². The maximum absolute atomic E-state index is 10.00. The number of aromatic amines is 1. The van der Waals surface area contributed by atoms with Gasteiger partial charge < -0.3 is 20.6 Å². The summed E-state index contributed by atoms with van der Waals surface area (Å²) < 4.78 is 5.60. The van der Waals surface area contributed by atoms with Crippen LogP contribution in [0, 0.1) is 0 Å². The number of aromatic nitrogens is 1. The summed E-state index contributed by atoms with van der Waals surface area (Å²) in [5, 5.41) is 14.1. The van der Waals surface area contributed by atoms with E-state index in [1.54, 1.807) is 6.07 Å². The van der Waals surface area contributed by atoms with Gasteiger partial charge in [0.1, 0.15) is 12.0 Å². The average Bonchev–Trinajstić information content (AvgIpc) is 2.99. The van der Waals surface area contributed by atoms with Gasteiger partial charge in [-0.05, 0) is 31.0 Å². The van der Waals surface area contributed by atoms with Crippen molar-refractivity contribution in [2.75, 3.05) is 13.2 Å². The lowest BCUT2D eigenvalue weighted by Gasteiger charge is -2.30. The Balaban J connectivity index is 1.92. The molecule has 5 nitrogen and oxygen atoms in total. The maximum Gasteiger partial charge on any atom is 0.126 e. The highest BCUT2D eigenvalue weighted by molar-refractivity contribution is 5.89. The van der Waals surface area contributed by atoms with Crippen molar-refractivity contribution >= 4 is 10.9 Å². The number of phenols is 1. The lowest BCUT2D eigenvalue weighted by atomic mass is 9.91. The number of hydrogen-bond donors (Lipinski definition) is 4. The standard InChI is InChI=1S/C14H19N3O2/c1-14(15,13-16-5-6-19-13)7-9-8-17-10-3-2-4-11(18)12(9)10/h2-4,8,13,16-18H,5-7,15H2,1H3/t13?,14-/m0/s1. The van der Waals surface area contributed by atoms with E-state index in [9.17, 15) is 5.11 Å². The van der Waals surface area contributed by atoms with Crippen LogP contribution in [0.25, 0.3) is 10.9 Å². The van der Waals surface area contributed by atoms with E-state index in [-0.39, 0.29) is 12.0 Å². The molecule has 1 saturated heterocycles. The maximum atomic E-state index is 10.00. The molecule has 1 unspecified atom stereocenters. The van der Waals surface area contributed by atoms with E-state index in [1.165, 1.54) is 0 Å². The van der Waals surface area contributed by atoms with Crippen LogP contribution in [0.4, 0.5) is 0 Å². The Kier molecular flexibility index (Phi) is 2.97. The zero-order chi connectivity index (χ0) is 13.5. The van der Waals surface area contributed by atoms with Crippen molar-refractivity contribution in [2.45, 2.75) is 25.1 Å². The number of H-pyrrole nitrogens is 1. The Hall–Kier alpha value is -1.56. The number of aromatic hydroxyl groups is 1. The van der Waals surface area contributed by atoms with Crippen molar-refractivity contribution in [3.05, 3.63) is 30.0 Å². The molecule has 2 atom stereocenters. The second kappa shape index (κ2) is 4.52. The third-order valence-electron chi connectivity index (χ3n) is 3.65. The minimum absolute atomic E-state index is 0.150. The van der Waals surface area contributed by atoms with Crippen molar-refractivity contribution in [1.82, 2.24) is 10.3 Å². The first-order valence-corrected chi connectivity index (χ1v) is 6.50. The molecule has 0 saturated carbocycles. The van der Waals surface area contributed by atoms with Crippen molar-refractivity contribution in [3.63, 3.8) is 0 Å². The van der Waals surface area contributed by atoms with E-state index >= 15 is 0 Å². The van der Waals surface area contributed by atoms with Gasteiger partial charge in [0.25, 0.3) is 0 Å². The second-order valence-corrected chi connectivity index (χ2v) is 5.40. The second-order valence-electron chi connectivity index (χ2n) is 5.40. The van der Waals surface area contributed by atoms with Gasteiger partial charge in [0, 0.05) is 23.6 Å². The lowest BCUT2D eigenvalue weighted by molar-refractivity contribution is 0.0424. The molecule has 0 spiro atoms. The van der Waals surface area contributed by atoms with Gasteiger partial charge >= 0.3 is 0 Å². The highest BCUT2D eigenvalue weighted by Gasteiger charge is 2.34. The summed E-state index contributed by atoms with van der Waals surface area (Å²) in [7, 11) is 0. The van der Waals surface area contributed by atoms with E-state index in [1.807, 2.05) is 25.3 Å². The van der Waals surface area contributed by atoms with Gasteiger partial charge in [-0.15, -0.1) is 0 Å². The van der Waals surface area contributed by atoms with Gasteiger partial charge in [-0.1, -0.05) is 6.07 Å². The molecule has 1 aliphatic rings. The van der Waals surface area contributed by atoms with Crippen LogP contribution in [0.2, 0.25) is 0 Å². The molecular formula is C14H19N3O2. The average molecular weight is 261 g/mol. The van der Waals surface area contributed by atoms with Crippen molar-refractivity contribution in [2.24, 2.45) is 5.73 Å². The first-order chi connectivity index (χ1) is 9.08. The van der Waals surface area contributed by atoms with Crippen LogP contribution >= 0.6 is 0 Å². The number of hydrogen-bond acceptors (Lipinski definition) is 4. The minimum atomic E-state index is -0.520. The number of phenolic OH excluding ortho intramolecular Hbond substituents is 1. The predicted molar refractivity (Wildman–Crippen MR) is 74.0 cm³/mol. The van der Waals surface area contributed by atoms with Gasteiger partial charge in [-0.2, -0.15) is 0 Å². The molecule has 19 heavy (non-hydrogen) atoms. The number of rotatable bonds is 3. The molecule has 0 amide bonds. The smallest absolute Gasteiger partial charge is 0.126 e. The Morgan fingerprint density at radius 3 is 3.11 bits per heavy atom. The molecule has 1 aliphatic heterocycles. The fourth-order valence-corrected chi connectivity index (χ4v) is 2.73. The Morgan fingerprint density at radius 1 is 1.53 bits per heavy atom. The van der Waals surface area contributed by atoms with Crippen molar-refractivity contribution in [3.8, 4) is 5.75 Å². The molecule has 102 valence electrons. The topological polar surface area (TPSA) is 83.3 Å². The zero-order valence-corrected chi connectivity index (χ0v) is 10.9. The third kappa shape index (κ3) is 2.20. The molecule has 0 aliphatic carbocycles. The summed E-state index contributed by atoms with van der Waals surface area (Å²) in [5.41, 5.74) is 7.78. The Labute approximate surface area is 111 Å². The highest BCUT2D eigenvalue weighted by Crippen LogP contribution is 2.30. The van der Waals surface area contributed by atoms with E-state index < -0.39 is 5.54 Å². The molecular weight excluding hydrogens is 242 g/mol. The molecule has 2 aromatic rings. The molecule has 5 heteroatoms. The zero-order valence-electron chi connectivity index (χ0n) is 10.9. The molecule has 1 aromatic heterocycles. The number of fused-ring (bicyclic) bond motifs is 1. The van der Waals surface area contributed by atoms with Crippen molar-refractivity contribution < 1.29 is 9.84 Å². The largest absolute Gasteiger partial charge is 0.507 e. The molecule has 0 bridgehead atoms. The van der Waals surface area contributed by atoms with Crippen LogP contribution in [-0.4, -0.2) is 35.0 Å². The summed E-state index contributed by atoms with van der Waals surface area (Å²) in [5.74, 6) is 0.282. The van der Waals surface area contributed by atoms with Crippen LogP contribution < -0.4 is 11.1 Å². The number of nitrogens with one attached hydrogen (secondary N) is 2. The Morgan fingerprint density at radius 2 is 2.37 bits per heavy atom. The monoisotopic (exact) mass is 261 g/mol. The summed E-state index contributed by atoms with van der Waals surface area (Å²) in [6.45, 7) is 3.49. The summed E-state index contributed by atoms with van der Waals surface area (Å²) in [6, 6.07) is 5.45. The van der Waals surface area contributed by atoms with E-state index in [0.29, 0.717) is 13.0 Å². The highest BCUT2D eigenvalue weighted by atomic mass is 16.5. The first kappa shape index (κ1) is 12.5. The molecule has 1 aromatic carbocycles.